The van der Waals surface area contributed by atoms with E-state index in [9.17, 15) is 14.7 Å². The molecule has 8 heteroatoms. The van der Waals surface area contributed by atoms with E-state index in [1.165, 1.54) is 7.11 Å². The van der Waals surface area contributed by atoms with Crippen LogP contribution in [0.4, 0.5) is 0 Å². The van der Waals surface area contributed by atoms with Crippen molar-refractivity contribution in [1.82, 2.24) is 15.5 Å². The van der Waals surface area contributed by atoms with Crippen LogP contribution in [-0.4, -0.2) is 46.4 Å². The number of nitrogens with zero attached hydrogens (tertiary/aromatic N) is 2. The predicted molar refractivity (Wildman–Crippen MR) is 97.9 cm³/mol. The first-order valence-corrected chi connectivity index (χ1v) is 9.07. The number of hydrogen-bond acceptors (Lipinski definition) is 6. The number of rotatable bonds is 8. The van der Waals surface area contributed by atoms with Gasteiger partial charge < -0.3 is 19.7 Å². The lowest BCUT2D eigenvalue weighted by atomic mass is 9.96. The number of pyridine rings is 1. The first kappa shape index (κ1) is 19.3. The molecule has 8 nitrogen and oxygen atoms in total. The molecule has 2 aromatic rings. The van der Waals surface area contributed by atoms with Crippen LogP contribution in [0.25, 0.3) is 11.1 Å². The molecule has 1 fully saturated rings. The fourth-order valence-electron chi connectivity index (χ4n) is 3.28. The van der Waals surface area contributed by atoms with Gasteiger partial charge >= 0.3 is 5.97 Å². The number of hydrogen-bond donors (Lipinski definition) is 2. The second kappa shape index (κ2) is 7.26. The van der Waals surface area contributed by atoms with Crippen molar-refractivity contribution in [1.29, 1.82) is 0 Å². The summed E-state index contributed by atoms with van der Waals surface area (Å²) in [4.78, 5) is 28.9. The maximum atomic E-state index is 13.1. The van der Waals surface area contributed by atoms with Crippen molar-refractivity contribution in [2.24, 2.45) is 0 Å². The zero-order valence-electron chi connectivity index (χ0n) is 16.0. The van der Waals surface area contributed by atoms with Crippen molar-refractivity contribution >= 4 is 23.0 Å². The number of methoxy groups -OCH3 is 1. The summed E-state index contributed by atoms with van der Waals surface area (Å²) in [6.45, 7) is 5.66. The van der Waals surface area contributed by atoms with Gasteiger partial charge in [0, 0.05) is 18.7 Å². The van der Waals surface area contributed by atoms with Crippen LogP contribution in [0.3, 0.4) is 0 Å². The van der Waals surface area contributed by atoms with Gasteiger partial charge in [-0.1, -0.05) is 19.0 Å². The third-order valence-electron chi connectivity index (χ3n) is 4.70. The quantitative estimate of drug-likeness (QED) is 0.729. The maximum Gasteiger partial charge on any atom is 0.305 e. The van der Waals surface area contributed by atoms with Crippen LogP contribution in [0.5, 0.6) is 0 Å². The van der Waals surface area contributed by atoms with Gasteiger partial charge in [0.1, 0.15) is 0 Å². The Hall–Kier alpha value is -2.48. The van der Waals surface area contributed by atoms with E-state index in [-0.39, 0.29) is 24.9 Å². The Balaban J connectivity index is 2.03. The van der Waals surface area contributed by atoms with Gasteiger partial charge in [0.05, 0.1) is 35.2 Å². The molecule has 1 aliphatic rings. The Bertz CT molecular complexity index is 872. The number of amides is 1. The van der Waals surface area contributed by atoms with Gasteiger partial charge in [0.2, 0.25) is 0 Å². The Morgan fingerprint density at radius 3 is 2.70 bits per heavy atom. The standard InChI is InChI=1S/C19H25N3O5/c1-10(2)16-15-12(7-13(11-5-6-11)20-18(15)27-22-16)17(25)21-19(3,9-26-4)8-14(23)24/h7,10-11H,5-6,8-9H2,1-4H3,(H,21,25)(H,23,24). The Labute approximate surface area is 157 Å². The van der Waals surface area contributed by atoms with Crippen LogP contribution < -0.4 is 5.32 Å². The highest BCUT2D eigenvalue weighted by atomic mass is 16.5. The van der Waals surface area contributed by atoms with Crippen LogP contribution in [0.2, 0.25) is 0 Å². The molecule has 2 N–H and O–H groups in total. The van der Waals surface area contributed by atoms with Gasteiger partial charge in [-0.2, -0.15) is 0 Å². The molecule has 0 radical (unpaired) electrons. The van der Waals surface area contributed by atoms with Crippen molar-refractivity contribution in [3.8, 4) is 0 Å². The van der Waals surface area contributed by atoms with E-state index in [1.807, 2.05) is 13.8 Å². The highest BCUT2D eigenvalue weighted by molar-refractivity contribution is 6.06. The van der Waals surface area contributed by atoms with Crippen LogP contribution in [-0.2, 0) is 9.53 Å². The van der Waals surface area contributed by atoms with Gasteiger partial charge in [-0.25, -0.2) is 4.98 Å². The second-order valence-electron chi connectivity index (χ2n) is 7.79. The lowest BCUT2D eigenvalue weighted by Gasteiger charge is -2.28. The molecule has 1 amide bonds. The van der Waals surface area contributed by atoms with Gasteiger partial charge in [-0.15, -0.1) is 0 Å². The molecule has 0 bridgehead atoms. The van der Waals surface area contributed by atoms with E-state index in [4.69, 9.17) is 9.26 Å². The minimum Gasteiger partial charge on any atom is -0.481 e. The summed E-state index contributed by atoms with van der Waals surface area (Å²) < 4.78 is 10.5. The highest BCUT2D eigenvalue weighted by Gasteiger charge is 2.33. The first-order valence-electron chi connectivity index (χ1n) is 9.07. The third kappa shape index (κ3) is 4.10. The number of carboxylic acids is 1. The highest BCUT2D eigenvalue weighted by Crippen LogP contribution is 2.41. The van der Waals surface area contributed by atoms with Crippen LogP contribution in [0.15, 0.2) is 10.6 Å². The van der Waals surface area contributed by atoms with Crippen LogP contribution >= 0.6 is 0 Å². The summed E-state index contributed by atoms with van der Waals surface area (Å²) in [5.74, 6) is -1.01. The van der Waals surface area contributed by atoms with Crippen LogP contribution in [0.1, 0.15) is 73.6 Å². The topological polar surface area (TPSA) is 115 Å². The molecular weight excluding hydrogens is 350 g/mol. The molecule has 146 valence electrons. The number of ether oxygens (including phenoxy) is 1. The average molecular weight is 375 g/mol. The molecule has 2 aromatic heterocycles. The molecule has 1 atom stereocenters. The summed E-state index contributed by atoms with van der Waals surface area (Å²) in [6, 6.07) is 1.78. The number of nitrogens with one attached hydrogen (secondary N) is 1. The molecule has 1 aliphatic carbocycles. The van der Waals surface area contributed by atoms with E-state index >= 15 is 0 Å². The molecule has 0 aliphatic heterocycles. The van der Waals surface area contributed by atoms with Crippen LogP contribution in [0, 0.1) is 0 Å². The number of aromatic nitrogens is 2. The SMILES string of the molecule is COCC(C)(CC(=O)O)NC(=O)c1cc(C2CC2)nc2onc(C(C)C)c12. The number of carboxylic acid groups (broad SMARTS) is 1. The first-order chi connectivity index (χ1) is 12.7. The third-order valence-corrected chi connectivity index (χ3v) is 4.70. The minimum atomic E-state index is -1.04. The molecule has 0 spiro atoms. The molecule has 0 saturated heterocycles. The molecule has 0 aromatic carbocycles. The summed E-state index contributed by atoms with van der Waals surface area (Å²) >= 11 is 0. The number of carbonyl (C=O) groups is 2. The summed E-state index contributed by atoms with van der Waals surface area (Å²) in [5, 5.41) is 16.7. The van der Waals surface area contributed by atoms with Crippen molar-refractivity contribution in [3.05, 3.63) is 23.0 Å². The van der Waals surface area contributed by atoms with E-state index in [0.717, 1.165) is 18.5 Å². The smallest absolute Gasteiger partial charge is 0.305 e. The van der Waals surface area contributed by atoms with Gasteiger partial charge in [0.15, 0.2) is 0 Å². The fourth-order valence-corrected chi connectivity index (χ4v) is 3.28. The molecule has 1 unspecified atom stereocenters. The lowest BCUT2D eigenvalue weighted by molar-refractivity contribution is -0.139. The van der Waals surface area contributed by atoms with Gasteiger partial charge in [-0.3, -0.25) is 9.59 Å². The van der Waals surface area contributed by atoms with Crippen molar-refractivity contribution in [3.63, 3.8) is 0 Å². The summed E-state index contributed by atoms with van der Waals surface area (Å²) in [6.07, 6.45) is 1.81. The maximum absolute atomic E-state index is 13.1. The van der Waals surface area contributed by atoms with Gasteiger partial charge in [0.25, 0.3) is 11.6 Å². The van der Waals surface area contributed by atoms with E-state index in [0.29, 0.717) is 28.3 Å². The monoisotopic (exact) mass is 375 g/mol. The molecule has 1 saturated carbocycles. The molecule has 3 rings (SSSR count). The number of carbonyl (C=O) groups excluding carboxylic acids is 1. The zero-order chi connectivity index (χ0) is 19.8. The van der Waals surface area contributed by atoms with E-state index in [2.05, 4.69) is 15.5 Å². The van der Waals surface area contributed by atoms with Gasteiger partial charge in [-0.05, 0) is 31.7 Å². The normalized spacial score (nSPS) is 16.5. The number of fused-ring (bicyclic) bond motifs is 1. The molecular formula is C19H25N3O5. The van der Waals surface area contributed by atoms with Crippen molar-refractivity contribution in [2.75, 3.05) is 13.7 Å². The fraction of sp³-hybridized carbons (Fsp3) is 0.579. The molecule has 27 heavy (non-hydrogen) atoms. The van der Waals surface area contributed by atoms with E-state index < -0.39 is 11.5 Å². The predicted octanol–water partition coefficient (Wildman–Crippen LogP) is 2.83. The molecule has 2 heterocycles. The second-order valence-corrected chi connectivity index (χ2v) is 7.79. The zero-order valence-corrected chi connectivity index (χ0v) is 16.0. The Morgan fingerprint density at radius 2 is 2.15 bits per heavy atom. The lowest BCUT2D eigenvalue weighted by Crippen LogP contribution is -2.50. The Kier molecular flexibility index (Phi) is 5.19. The summed E-state index contributed by atoms with van der Waals surface area (Å²) in [5.41, 5.74) is 1.20. The van der Waals surface area contributed by atoms with Crippen molar-refractivity contribution in [2.45, 2.75) is 57.4 Å². The largest absolute Gasteiger partial charge is 0.481 e. The van der Waals surface area contributed by atoms with Crippen molar-refractivity contribution < 1.29 is 24.0 Å². The number of aliphatic carboxylic acids is 1. The van der Waals surface area contributed by atoms with E-state index in [1.54, 1.807) is 13.0 Å². The Morgan fingerprint density at radius 1 is 1.44 bits per heavy atom. The minimum absolute atomic E-state index is 0.0516. The average Bonchev–Trinajstić information content (AvgIpc) is 3.31. The summed E-state index contributed by atoms with van der Waals surface area (Å²) in [7, 11) is 1.47.